The zero-order chi connectivity index (χ0) is 13.3. The van der Waals surface area contributed by atoms with Crippen LogP contribution in [0.3, 0.4) is 0 Å². The molecule has 5 heteroatoms. The largest absolute Gasteiger partial charge is 0.493 e. The molecular formula is C13H22N2O3. The lowest BCUT2D eigenvalue weighted by atomic mass is 9.93. The van der Waals surface area contributed by atoms with Gasteiger partial charge in [-0.25, -0.2) is 0 Å². The minimum Gasteiger partial charge on any atom is -0.493 e. The molecule has 18 heavy (non-hydrogen) atoms. The summed E-state index contributed by atoms with van der Waals surface area (Å²) < 4.78 is 12.4. The van der Waals surface area contributed by atoms with Crippen molar-refractivity contribution in [2.24, 2.45) is 5.92 Å². The highest BCUT2D eigenvalue weighted by Gasteiger charge is 2.49. The molecule has 1 atom stereocenters. The van der Waals surface area contributed by atoms with E-state index in [0.29, 0.717) is 5.75 Å². The lowest BCUT2D eigenvalue weighted by Crippen LogP contribution is -2.37. The quantitative estimate of drug-likeness (QED) is 0.839. The third-order valence-electron chi connectivity index (χ3n) is 3.50. The van der Waals surface area contributed by atoms with Crippen molar-refractivity contribution in [3.05, 3.63) is 11.9 Å². The standard InChI is InChI=1S/C13H22N2O3/c1-9(2)15-12(11(18-4)7-14-15)13(16,8-17-3)10-5-6-10/h7,9-10,16H,5-6,8H2,1-4H3. The van der Waals surface area contributed by atoms with Crippen LogP contribution >= 0.6 is 0 Å². The number of methoxy groups -OCH3 is 2. The Labute approximate surface area is 108 Å². The monoisotopic (exact) mass is 254 g/mol. The van der Waals surface area contributed by atoms with Crippen molar-refractivity contribution >= 4 is 0 Å². The number of nitrogens with zero attached hydrogens (tertiary/aromatic N) is 2. The average Bonchev–Trinajstić information content (AvgIpc) is 3.08. The Morgan fingerprint density at radius 3 is 2.61 bits per heavy atom. The number of rotatable bonds is 6. The van der Waals surface area contributed by atoms with Crippen LogP contribution < -0.4 is 4.74 Å². The van der Waals surface area contributed by atoms with Gasteiger partial charge in [0.1, 0.15) is 11.3 Å². The molecule has 1 saturated carbocycles. The van der Waals surface area contributed by atoms with E-state index in [2.05, 4.69) is 5.10 Å². The summed E-state index contributed by atoms with van der Waals surface area (Å²) in [6.45, 7) is 4.35. The van der Waals surface area contributed by atoms with Crippen LogP contribution in [0.15, 0.2) is 6.20 Å². The maximum absolute atomic E-state index is 11.0. The first-order valence-corrected chi connectivity index (χ1v) is 6.38. The van der Waals surface area contributed by atoms with E-state index < -0.39 is 5.60 Å². The van der Waals surface area contributed by atoms with E-state index in [1.54, 1.807) is 20.4 Å². The highest BCUT2D eigenvalue weighted by atomic mass is 16.5. The van der Waals surface area contributed by atoms with Crippen molar-refractivity contribution in [3.8, 4) is 5.75 Å². The molecule has 0 amide bonds. The van der Waals surface area contributed by atoms with E-state index >= 15 is 0 Å². The molecule has 1 N–H and O–H groups in total. The number of ether oxygens (including phenoxy) is 2. The van der Waals surface area contributed by atoms with Crippen LogP contribution in [0.2, 0.25) is 0 Å². The Morgan fingerprint density at radius 1 is 1.50 bits per heavy atom. The summed E-state index contributed by atoms with van der Waals surface area (Å²) >= 11 is 0. The summed E-state index contributed by atoms with van der Waals surface area (Å²) in [5, 5.41) is 15.3. The Kier molecular flexibility index (Phi) is 3.64. The molecule has 0 aromatic carbocycles. The molecule has 1 heterocycles. The molecule has 0 aliphatic heterocycles. The molecule has 1 unspecified atom stereocenters. The van der Waals surface area contributed by atoms with Crippen LogP contribution in [0.4, 0.5) is 0 Å². The summed E-state index contributed by atoms with van der Waals surface area (Å²) in [5.74, 6) is 0.871. The van der Waals surface area contributed by atoms with Crippen molar-refractivity contribution in [1.82, 2.24) is 9.78 Å². The minimum absolute atomic E-state index is 0.172. The topological polar surface area (TPSA) is 56.5 Å². The van der Waals surface area contributed by atoms with Gasteiger partial charge in [0.2, 0.25) is 0 Å². The number of hydrogen-bond acceptors (Lipinski definition) is 4. The second kappa shape index (κ2) is 4.90. The number of hydrogen-bond donors (Lipinski definition) is 1. The van der Waals surface area contributed by atoms with E-state index in [1.165, 1.54) is 0 Å². The van der Waals surface area contributed by atoms with Gasteiger partial charge in [0, 0.05) is 13.2 Å². The van der Waals surface area contributed by atoms with Gasteiger partial charge in [-0.3, -0.25) is 4.68 Å². The fraction of sp³-hybridized carbons (Fsp3) is 0.769. The van der Waals surface area contributed by atoms with E-state index in [0.717, 1.165) is 18.5 Å². The van der Waals surface area contributed by atoms with Gasteiger partial charge in [-0.2, -0.15) is 5.10 Å². The minimum atomic E-state index is -0.999. The van der Waals surface area contributed by atoms with Gasteiger partial charge in [0.05, 0.1) is 19.9 Å². The van der Waals surface area contributed by atoms with Crippen LogP contribution in [0.5, 0.6) is 5.75 Å². The molecule has 1 aliphatic rings. The predicted octanol–water partition coefficient (Wildman–Crippen LogP) is 1.72. The van der Waals surface area contributed by atoms with Crippen LogP contribution in [-0.4, -0.2) is 35.7 Å². The third-order valence-corrected chi connectivity index (χ3v) is 3.50. The fourth-order valence-corrected chi connectivity index (χ4v) is 2.46. The number of aromatic nitrogens is 2. The SMILES string of the molecule is COCC(O)(c1c(OC)cnn1C(C)C)C1CC1. The van der Waals surface area contributed by atoms with Crippen molar-refractivity contribution in [2.45, 2.75) is 38.3 Å². The second-order valence-electron chi connectivity index (χ2n) is 5.23. The first kappa shape index (κ1) is 13.4. The molecule has 5 nitrogen and oxygen atoms in total. The zero-order valence-corrected chi connectivity index (χ0v) is 11.5. The molecule has 1 aliphatic carbocycles. The zero-order valence-electron chi connectivity index (χ0n) is 11.5. The first-order valence-electron chi connectivity index (χ1n) is 6.38. The maximum atomic E-state index is 11.0. The predicted molar refractivity (Wildman–Crippen MR) is 67.7 cm³/mol. The Morgan fingerprint density at radius 2 is 2.17 bits per heavy atom. The summed E-state index contributed by atoms with van der Waals surface area (Å²) in [7, 11) is 3.21. The Balaban J connectivity index is 2.48. The van der Waals surface area contributed by atoms with E-state index in [1.807, 2.05) is 18.5 Å². The Hall–Kier alpha value is -1.07. The maximum Gasteiger partial charge on any atom is 0.163 e. The smallest absolute Gasteiger partial charge is 0.163 e. The average molecular weight is 254 g/mol. The van der Waals surface area contributed by atoms with E-state index in [4.69, 9.17) is 9.47 Å². The second-order valence-corrected chi connectivity index (χ2v) is 5.23. The summed E-state index contributed by atoms with van der Waals surface area (Å²) in [5.41, 5.74) is -0.259. The van der Waals surface area contributed by atoms with Crippen molar-refractivity contribution in [3.63, 3.8) is 0 Å². The van der Waals surface area contributed by atoms with Crippen molar-refractivity contribution in [1.29, 1.82) is 0 Å². The molecule has 102 valence electrons. The van der Waals surface area contributed by atoms with Crippen molar-refractivity contribution < 1.29 is 14.6 Å². The summed E-state index contributed by atoms with van der Waals surface area (Å²) in [4.78, 5) is 0. The highest BCUT2D eigenvalue weighted by Crippen LogP contribution is 2.48. The lowest BCUT2D eigenvalue weighted by molar-refractivity contribution is -0.0614. The van der Waals surface area contributed by atoms with Crippen molar-refractivity contribution in [2.75, 3.05) is 20.8 Å². The third kappa shape index (κ3) is 2.12. The van der Waals surface area contributed by atoms with Gasteiger partial charge in [0.15, 0.2) is 5.75 Å². The van der Waals surface area contributed by atoms with Crippen LogP contribution in [0, 0.1) is 5.92 Å². The summed E-state index contributed by atoms with van der Waals surface area (Å²) in [6, 6.07) is 0.172. The van der Waals surface area contributed by atoms with Gasteiger partial charge >= 0.3 is 0 Å². The molecule has 1 aromatic rings. The van der Waals surface area contributed by atoms with Gasteiger partial charge in [0.25, 0.3) is 0 Å². The molecule has 1 fully saturated rings. The molecule has 0 saturated heterocycles. The fourth-order valence-electron chi connectivity index (χ4n) is 2.46. The molecule has 1 aromatic heterocycles. The van der Waals surface area contributed by atoms with Gasteiger partial charge < -0.3 is 14.6 Å². The van der Waals surface area contributed by atoms with Crippen LogP contribution in [0.25, 0.3) is 0 Å². The van der Waals surface area contributed by atoms with Gasteiger partial charge in [-0.05, 0) is 32.6 Å². The number of aliphatic hydroxyl groups is 1. The molecule has 0 spiro atoms. The first-order chi connectivity index (χ1) is 8.54. The van der Waals surface area contributed by atoms with Gasteiger partial charge in [-0.1, -0.05) is 0 Å². The highest BCUT2D eigenvalue weighted by molar-refractivity contribution is 5.33. The van der Waals surface area contributed by atoms with Crippen LogP contribution in [-0.2, 0) is 10.3 Å². The van der Waals surface area contributed by atoms with E-state index in [-0.39, 0.29) is 18.6 Å². The van der Waals surface area contributed by atoms with Gasteiger partial charge in [-0.15, -0.1) is 0 Å². The normalized spacial score (nSPS) is 19.0. The summed E-state index contributed by atoms with van der Waals surface area (Å²) in [6.07, 6.45) is 3.71. The molecular weight excluding hydrogens is 232 g/mol. The van der Waals surface area contributed by atoms with E-state index in [9.17, 15) is 5.11 Å². The molecule has 0 bridgehead atoms. The molecule has 2 rings (SSSR count). The lowest BCUT2D eigenvalue weighted by Gasteiger charge is -2.30. The van der Waals surface area contributed by atoms with Crippen LogP contribution in [0.1, 0.15) is 38.4 Å². The Bertz CT molecular complexity index is 412. The molecule has 0 radical (unpaired) electrons.